The summed E-state index contributed by atoms with van der Waals surface area (Å²) in [4.78, 5) is 29.1. The number of carbonyl (C=O) groups excluding carboxylic acids is 1. The zero-order valence-corrected chi connectivity index (χ0v) is 17.1. The Hall–Kier alpha value is -4.58. The predicted octanol–water partition coefficient (Wildman–Crippen LogP) is 5.45. The lowest BCUT2D eigenvalue weighted by molar-refractivity contribution is 0.102. The first-order chi connectivity index (χ1) is 15.8. The van der Waals surface area contributed by atoms with Crippen molar-refractivity contribution in [1.29, 1.82) is 0 Å². The number of benzene rings is 2. The van der Waals surface area contributed by atoms with Crippen LogP contribution in [-0.4, -0.2) is 25.8 Å². The highest BCUT2D eigenvalue weighted by Gasteiger charge is 2.10. The van der Waals surface area contributed by atoms with Gasteiger partial charge in [-0.1, -0.05) is 48.5 Å². The number of carbonyl (C=O) groups is 1. The Balaban J connectivity index is 1.40. The first kappa shape index (κ1) is 19.4. The van der Waals surface area contributed by atoms with Crippen molar-refractivity contribution in [2.75, 3.05) is 5.32 Å². The van der Waals surface area contributed by atoms with Crippen molar-refractivity contribution in [3.8, 4) is 33.9 Å². The smallest absolute Gasteiger partial charge is 0.255 e. The fourth-order valence-corrected chi connectivity index (χ4v) is 3.41. The van der Waals surface area contributed by atoms with Gasteiger partial charge in [-0.2, -0.15) is 0 Å². The van der Waals surface area contributed by atoms with E-state index in [0.29, 0.717) is 17.1 Å². The summed E-state index contributed by atoms with van der Waals surface area (Å²) in [5, 5.41) is 2.90. The van der Waals surface area contributed by atoms with E-state index in [0.717, 1.165) is 28.1 Å². The number of hydrogen-bond donors (Lipinski definition) is 2. The second kappa shape index (κ2) is 8.65. The van der Waals surface area contributed by atoms with Crippen LogP contribution in [0.3, 0.4) is 0 Å². The zero-order chi connectivity index (χ0) is 21.8. The van der Waals surface area contributed by atoms with Gasteiger partial charge in [-0.3, -0.25) is 14.8 Å². The van der Waals surface area contributed by atoms with Gasteiger partial charge in [0.25, 0.3) is 5.91 Å². The first-order valence-electron chi connectivity index (χ1n) is 10.1. The number of nitrogens with one attached hydrogen (secondary N) is 2. The third-order valence-electron chi connectivity index (χ3n) is 5.03. The molecule has 154 valence electrons. The molecule has 6 nitrogen and oxygen atoms in total. The first-order valence-corrected chi connectivity index (χ1v) is 10.1. The largest absolute Gasteiger partial charge is 0.337 e. The summed E-state index contributed by atoms with van der Waals surface area (Å²) >= 11 is 0. The van der Waals surface area contributed by atoms with Crippen LogP contribution in [0.1, 0.15) is 10.4 Å². The topological polar surface area (TPSA) is 83.6 Å². The van der Waals surface area contributed by atoms with E-state index in [9.17, 15) is 4.79 Å². The summed E-state index contributed by atoms with van der Waals surface area (Å²) in [7, 11) is 0. The Morgan fingerprint density at radius 2 is 1.53 bits per heavy atom. The molecule has 0 spiro atoms. The summed E-state index contributed by atoms with van der Waals surface area (Å²) in [6.07, 6.45) is 6.94. The Morgan fingerprint density at radius 1 is 0.750 bits per heavy atom. The molecule has 3 heterocycles. The second-order valence-corrected chi connectivity index (χ2v) is 7.22. The van der Waals surface area contributed by atoms with E-state index in [1.807, 2.05) is 66.7 Å². The van der Waals surface area contributed by atoms with Gasteiger partial charge in [-0.25, -0.2) is 4.98 Å². The summed E-state index contributed by atoms with van der Waals surface area (Å²) in [6, 6.07) is 24.9. The van der Waals surface area contributed by atoms with Gasteiger partial charge in [-0.05, 0) is 41.5 Å². The highest BCUT2D eigenvalue weighted by Crippen LogP contribution is 2.26. The molecule has 2 aromatic carbocycles. The van der Waals surface area contributed by atoms with Crippen molar-refractivity contribution in [1.82, 2.24) is 19.9 Å². The van der Waals surface area contributed by atoms with Crippen molar-refractivity contribution in [3.63, 3.8) is 0 Å². The fourth-order valence-electron chi connectivity index (χ4n) is 3.41. The lowest BCUT2D eigenvalue weighted by Gasteiger charge is -2.08. The number of amides is 1. The minimum absolute atomic E-state index is 0.177. The number of aromatic nitrogens is 4. The molecule has 5 rings (SSSR count). The molecule has 5 aromatic rings. The van der Waals surface area contributed by atoms with E-state index in [4.69, 9.17) is 0 Å². The minimum atomic E-state index is -0.177. The van der Waals surface area contributed by atoms with Crippen molar-refractivity contribution in [2.24, 2.45) is 0 Å². The van der Waals surface area contributed by atoms with Crippen molar-refractivity contribution >= 4 is 11.6 Å². The summed E-state index contributed by atoms with van der Waals surface area (Å²) in [5.41, 5.74) is 5.73. The van der Waals surface area contributed by atoms with E-state index in [1.54, 1.807) is 36.9 Å². The number of H-pyrrole nitrogens is 1. The average Bonchev–Trinajstić information content (AvgIpc) is 3.36. The highest BCUT2D eigenvalue weighted by atomic mass is 16.1. The van der Waals surface area contributed by atoms with Crippen LogP contribution in [0, 0.1) is 0 Å². The molecule has 32 heavy (non-hydrogen) atoms. The lowest BCUT2D eigenvalue weighted by Crippen LogP contribution is -2.11. The van der Waals surface area contributed by atoms with E-state index in [-0.39, 0.29) is 5.91 Å². The third-order valence-corrected chi connectivity index (χ3v) is 5.03. The number of aromatic amines is 1. The molecule has 0 radical (unpaired) electrons. The van der Waals surface area contributed by atoms with E-state index in [2.05, 4.69) is 25.3 Å². The maximum absolute atomic E-state index is 12.5. The zero-order valence-electron chi connectivity index (χ0n) is 17.1. The molecule has 0 unspecified atom stereocenters. The molecule has 0 bridgehead atoms. The van der Waals surface area contributed by atoms with Gasteiger partial charge < -0.3 is 10.3 Å². The average molecular weight is 417 g/mol. The molecular formula is C26H19N5O. The van der Waals surface area contributed by atoms with E-state index >= 15 is 0 Å². The quantitative estimate of drug-likeness (QED) is 0.398. The third kappa shape index (κ3) is 4.15. The van der Waals surface area contributed by atoms with Gasteiger partial charge >= 0.3 is 0 Å². The summed E-state index contributed by atoms with van der Waals surface area (Å²) in [6.45, 7) is 0. The van der Waals surface area contributed by atoms with Crippen LogP contribution < -0.4 is 5.32 Å². The monoisotopic (exact) mass is 417 g/mol. The molecule has 0 saturated carbocycles. The molecule has 0 saturated heterocycles. The number of pyridine rings is 2. The van der Waals surface area contributed by atoms with Crippen molar-refractivity contribution < 1.29 is 4.79 Å². The van der Waals surface area contributed by atoms with Gasteiger partial charge in [0.2, 0.25) is 0 Å². The molecule has 0 atom stereocenters. The van der Waals surface area contributed by atoms with Crippen molar-refractivity contribution in [2.45, 2.75) is 0 Å². The molecule has 2 N–H and O–H groups in total. The van der Waals surface area contributed by atoms with Gasteiger partial charge in [-0.15, -0.1) is 0 Å². The number of nitrogens with zero attached hydrogens (tertiary/aromatic N) is 3. The van der Waals surface area contributed by atoms with E-state index < -0.39 is 0 Å². The number of anilines is 1. The van der Waals surface area contributed by atoms with Crippen molar-refractivity contribution in [3.05, 3.63) is 109 Å². The van der Waals surface area contributed by atoms with Crippen LogP contribution in [0.4, 0.5) is 5.69 Å². The summed E-state index contributed by atoms with van der Waals surface area (Å²) < 4.78 is 0. The van der Waals surface area contributed by atoms with Gasteiger partial charge in [0.15, 0.2) is 5.82 Å². The van der Waals surface area contributed by atoms with Crippen LogP contribution in [0.25, 0.3) is 33.9 Å². The molecule has 0 aliphatic heterocycles. The Kier molecular flexibility index (Phi) is 5.24. The Labute approximate surface area is 185 Å². The number of rotatable bonds is 5. The minimum Gasteiger partial charge on any atom is -0.337 e. The number of hydrogen-bond acceptors (Lipinski definition) is 4. The fraction of sp³-hybridized carbons (Fsp3) is 0. The van der Waals surface area contributed by atoms with Crippen LogP contribution in [0.5, 0.6) is 0 Å². The Morgan fingerprint density at radius 3 is 2.34 bits per heavy atom. The predicted molar refractivity (Wildman–Crippen MR) is 125 cm³/mol. The van der Waals surface area contributed by atoms with Crippen LogP contribution >= 0.6 is 0 Å². The lowest BCUT2D eigenvalue weighted by atomic mass is 10.1. The Bertz CT molecular complexity index is 1360. The summed E-state index contributed by atoms with van der Waals surface area (Å²) in [5.74, 6) is 0.510. The number of imidazole rings is 1. The standard InChI is InChI=1S/C26H19N5O/c32-26(19-9-5-2-6-10-19)30-22-13-21(15-27-16-22)20-11-12-28-23(14-20)25-29-17-24(31-25)18-7-3-1-4-8-18/h1-17H,(H,29,31)(H,30,32). The SMILES string of the molecule is O=C(Nc1cncc(-c2ccnc(-c3ncc(-c4ccccc4)[nH]3)c2)c1)c1ccccc1. The maximum atomic E-state index is 12.5. The molecule has 3 aromatic heterocycles. The molecule has 0 fully saturated rings. The molecule has 6 heteroatoms. The maximum Gasteiger partial charge on any atom is 0.255 e. The van der Waals surface area contributed by atoms with Crippen LogP contribution in [-0.2, 0) is 0 Å². The molecule has 0 aliphatic rings. The van der Waals surface area contributed by atoms with Crippen LogP contribution in [0.2, 0.25) is 0 Å². The normalized spacial score (nSPS) is 10.6. The van der Waals surface area contributed by atoms with E-state index in [1.165, 1.54) is 0 Å². The van der Waals surface area contributed by atoms with Crippen LogP contribution in [0.15, 0.2) is 104 Å². The van der Waals surface area contributed by atoms with Gasteiger partial charge in [0.1, 0.15) is 5.69 Å². The van der Waals surface area contributed by atoms with Gasteiger partial charge in [0.05, 0.1) is 23.8 Å². The highest BCUT2D eigenvalue weighted by molar-refractivity contribution is 6.04. The molecule has 1 amide bonds. The second-order valence-electron chi connectivity index (χ2n) is 7.22. The van der Waals surface area contributed by atoms with Gasteiger partial charge in [0, 0.05) is 23.5 Å². The molecule has 0 aliphatic carbocycles. The molecular weight excluding hydrogens is 398 g/mol.